The van der Waals surface area contributed by atoms with Gasteiger partial charge in [0.2, 0.25) is 0 Å². The molecule has 0 bridgehead atoms. The molecule has 0 saturated carbocycles. The SMILES string of the molecule is CN(Cc1cccnc1)C(=O)c1ccc2c(c1)OCC(=O)N2. The van der Waals surface area contributed by atoms with Crippen LogP contribution in [0.2, 0.25) is 0 Å². The zero-order chi connectivity index (χ0) is 15.5. The fraction of sp³-hybridized carbons (Fsp3) is 0.188. The smallest absolute Gasteiger partial charge is 0.262 e. The van der Waals surface area contributed by atoms with E-state index >= 15 is 0 Å². The van der Waals surface area contributed by atoms with E-state index in [1.165, 1.54) is 0 Å². The van der Waals surface area contributed by atoms with E-state index in [-0.39, 0.29) is 18.4 Å². The van der Waals surface area contributed by atoms with Crippen LogP contribution in [0.5, 0.6) is 5.75 Å². The second-order valence-corrected chi connectivity index (χ2v) is 5.07. The highest BCUT2D eigenvalue weighted by molar-refractivity contribution is 5.98. The Hall–Kier alpha value is -2.89. The molecule has 2 heterocycles. The first-order valence-corrected chi connectivity index (χ1v) is 6.84. The number of hydrogen-bond donors (Lipinski definition) is 1. The van der Waals surface area contributed by atoms with Gasteiger partial charge < -0.3 is 15.0 Å². The van der Waals surface area contributed by atoms with Crippen LogP contribution in [0.4, 0.5) is 5.69 Å². The quantitative estimate of drug-likeness (QED) is 0.935. The molecule has 1 aromatic carbocycles. The number of hydrogen-bond acceptors (Lipinski definition) is 4. The molecule has 112 valence electrons. The number of ether oxygens (including phenoxy) is 1. The summed E-state index contributed by atoms with van der Waals surface area (Å²) in [4.78, 5) is 29.3. The summed E-state index contributed by atoms with van der Waals surface area (Å²) in [5, 5.41) is 2.70. The first-order valence-electron chi connectivity index (χ1n) is 6.84. The van der Waals surface area contributed by atoms with Gasteiger partial charge in [-0.2, -0.15) is 0 Å². The minimum absolute atomic E-state index is 0.0316. The number of rotatable bonds is 3. The first-order chi connectivity index (χ1) is 10.6. The molecule has 1 aliphatic heterocycles. The lowest BCUT2D eigenvalue weighted by atomic mass is 10.1. The molecule has 3 rings (SSSR count). The maximum atomic E-state index is 12.5. The summed E-state index contributed by atoms with van der Waals surface area (Å²) in [6, 6.07) is 8.76. The molecule has 0 radical (unpaired) electrons. The zero-order valence-electron chi connectivity index (χ0n) is 12.1. The number of benzene rings is 1. The number of anilines is 1. The second kappa shape index (κ2) is 5.85. The summed E-state index contributed by atoms with van der Waals surface area (Å²) >= 11 is 0. The summed E-state index contributed by atoms with van der Waals surface area (Å²) in [5.74, 6) is 0.202. The molecule has 1 aliphatic rings. The van der Waals surface area contributed by atoms with Crippen molar-refractivity contribution in [1.82, 2.24) is 9.88 Å². The molecule has 0 unspecified atom stereocenters. The van der Waals surface area contributed by atoms with Gasteiger partial charge >= 0.3 is 0 Å². The Morgan fingerprint density at radius 2 is 2.27 bits per heavy atom. The van der Waals surface area contributed by atoms with Crippen LogP contribution in [0.3, 0.4) is 0 Å². The summed E-state index contributed by atoms with van der Waals surface area (Å²) in [6.07, 6.45) is 3.43. The van der Waals surface area contributed by atoms with E-state index in [1.54, 1.807) is 42.5 Å². The van der Waals surface area contributed by atoms with Crippen LogP contribution in [-0.4, -0.2) is 35.4 Å². The van der Waals surface area contributed by atoms with E-state index in [1.807, 2.05) is 12.1 Å². The van der Waals surface area contributed by atoms with Gasteiger partial charge in [-0.3, -0.25) is 14.6 Å². The molecule has 2 aromatic rings. The normalized spacial score (nSPS) is 12.9. The van der Waals surface area contributed by atoms with Crippen LogP contribution < -0.4 is 10.1 Å². The number of fused-ring (bicyclic) bond motifs is 1. The predicted molar refractivity (Wildman–Crippen MR) is 80.6 cm³/mol. The van der Waals surface area contributed by atoms with Gasteiger partial charge in [-0.25, -0.2) is 0 Å². The molecule has 6 nitrogen and oxygen atoms in total. The largest absolute Gasteiger partial charge is 0.482 e. The van der Waals surface area contributed by atoms with Crippen molar-refractivity contribution in [3.63, 3.8) is 0 Å². The third-order valence-electron chi connectivity index (χ3n) is 3.35. The predicted octanol–water partition coefficient (Wildman–Crippen LogP) is 1.68. The number of carbonyl (C=O) groups excluding carboxylic acids is 2. The minimum atomic E-state index is -0.194. The summed E-state index contributed by atoms with van der Waals surface area (Å²) in [5.41, 5.74) is 2.06. The van der Waals surface area contributed by atoms with Crippen LogP contribution in [-0.2, 0) is 11.3 Å². The zero-order valence-corrected chi connectivity index (χ0v) is 12.1. The second-order valence-electron chi connectivity index (χ2n) is 5.07. The Morgan fingerprint density at radius 3 is 3.05 bits per heavy atom. The summed E-state index contributed by atoms with van der Waals surface area (Å²) < 4.78 is 5.33. The molecule has 22 heavy (non-hydrogen) atoms. The molecular weight excluding hydrogens is 282 g/mol. The lowest BCUT2D eigenvalue weighted by Gasteiger charge is -2.20. The van der Waals surface area contributed by atoms with E-state index < -0.39 is 0 Å². The van der Waals surface area contributed by atoms with Crippen LogP contribution >= 0.6 is 0 Å². The average molecular weight is 297 g/mol. The van der Waals surface area contributed by atoms with Crippen LogP contribution in [0.1, 0.15) is 15.9 Å². The van der Waals surface area contributed by atoms with Gasteiger partial charge in [-0.15, -0.1) is 0 Å². The van der Waals surface area contributed by atoms with Gasteiger partial charge in [-0.05, 0) is 29.8 Å². The van der Waals surface area contributed by atoms with Gasteiger partial charge in [0, 0.05) is 31.5 Å². The van der Waals surface area contributed by atoms with E-state index in [0.29, 0.717) is 23.5 Å². The molecule has 0 aliphatic carbocycles. The van der Waals surface area contributed by atoms with Crippen molar-refractivity contribution in [3.05, 3.63) is 53.9 Å². The lowest BCUT2D eigenvalue weighted by Crippen LogP contribution is -2.28. The van der Waals surface area contributed by atoms with Crippen molar-refractivity contribution in [2.24, 2.45) is 0 Å². The van der Waals surface area contributed by atoms with E-state index in [2.05, 4.69) is 10.3 Å². The van der Waals surface area contributed by atoms with Gasteiger partial charge in [0.15, 0.2) is 6.61 Å². The molecule has 0 saturated heterocycles. The number of aromatic nitrogens is 1. The fourth-order valence-corrected chi connectivity index (χ4v) is 2.27. The highest BCUT2D eigenvalue weighted by atomic mass is 16.5. The van der Waals surface area contributed by atoms with Crippen molar-refractivity contribution in [1.29, 1.82) is 0 Å². The number of nitrogens with zero attached hydrogens (tertiary/aromatic N) is 2. The Kier molecular flexibility index (Phi) is 3.74. The Balaban J connectivity index is 1.76. The lowest BCUT2D eigenvalue weighted by molar-refractivity contribution is -0.118. The number of carbonyl (C=O) groups is 2. The van der Waals surface area contributed by atoms with E-state index in [0.717, 1.165) is 5.56 Å². The fourth-order valence-electron chi connectivity index (χ4n) is 2.27. The maximum Gasteiger partial charge on any atom is 0.262 e. The highest BCUT2D eigenvalue weighted by Gasteiger charge is 2.19. The standard InChI is InChI=1S/C16H15N3O3/c1-19(9-11-3-2-6-17-8-11)16(21)12-4-5-13-14(7-12)22-10-15(20)18-13/h2-8H,9-10H2,1H3,(H,18,20). The van der Waals surface area contributed by atoms with Crippen molar-refractivity contribution in [3.8, 4) is 5.75 Å². The van der Waals surface area contributed by atoms with Crippen LogP contribution in [0, 0.1) is 0 Å². The van der Waals surface area contributed by atoms with Crippen LogP contribution in [0.25, 0.3) is 0 Å². The van der Waals surface area contributed by atoms with Gasteiger partial charge in [0.25, 0.3) is 11.8 Å². The third kappa shape index (κ3) is 2.90. The Morgan fingerprint density at radius 1 is 1.41 bits per heavy atom. The molecule has 2 amide bonds. The van der Waals surface area contributed by atoms with Crippen molar-refractivity contribution >= 4 is 17.5 Å². The molecular formula is C16H15N3O3. The number of pyridine rings is 1. The van der Waals surface area contributed by atoms with Crippen molar-refractivity contribution < 1.29 is 14.3 Å². The third-order valence-corrected chi connectivity index (χ3v) is 3.35. The van der Waals surface area contributed by atoms with Gasteiger partial charge in [-0.1, -0.05) is 6.07 Å². The van der Waals surface area contributed by atoms with Crippen molar-refractivity contribution in [2.45, 2.75) is 6.54 Å². The maximum absolute atomic E-state index is 12.5. The first kappa shape index (κ1) is 14.1. The molecule has 0 spiro atoms. The van der Waals surface area contributed by atoms with Gasteiger partial charge in [0.1, 0.15) is 5.75 Å². The number of amides is 2. The monoisotopic (exact) mass is 297 g/mol. The molecule has 1 N–H and O–H groups in total. The van der Waals surface area contributed by atoms with Crippen LogP contribution in [0.15, 0.2) is 42.7 Å². The number of nitrogens with one attached hydrogen (secondary N) is 1. The van der Waals surface area contributed by atoms with Crippen molar-refractivity contribution in [2.75, 3.05) is 19.0 Å². The van der Waals surface area contributed by atoms with Gasteiger partial charge in [0.05, 0.1) is 5.69 Å². The highest BCUT2D eigenvalue weighted by Crippen LogP contribution is 2.29. The minimum Gasteiger partial charge on any atom is -0.482 e. The molecule has 0 atom stereocenters. The molecule has 6 heteroatoms. The Bertz CT molecular complexity index is 716. The summed E-state index contributed by atoms with van der Waals surface area (Å²) in [6.45, 7) is 0.442. The van der Waals surface area contributed by atoms with E-state index in [9.17, 15) is 9.59 Å². The Labute approximate surface area is 127 Å². The average Bonchev–Trinajstić information content (AvgIpc) is 2.54. The summed E-state index contributed by atoms with van der Waals surface area (Å²) in [7, 11) is 1.73. The molecule has 1 aromatic heterocycles. The molecule has 0 fully saturated rings. The topological polar surface area (TPSA) is 71.5 Å². The van der Waals surface area contributed by atoms with E-state index in [4.69, 9.17) is 4.74 Å².